The van der Waals surface area contributed by atoms with Crippen molar-refractivity contribution in [2.75, 3.05) is 0 Å². The van der Waals surface area contributed by atoms with Crippen LogP contribution in [0.3, 0.4) is 0 Å². The highest BCUT2D eigenvalue weighted by Gasteiger charge is 2.08. The molecule has 0 fully saturated rings. The Hall–Kier alpha value is -2.89. The summed E-state index contributed by atoms with van der Waals surface area (Å²) in [5, 5.41) is 7.96. The molecule has 0 saturated carbocycles. The largest absolute Gasteiger partial charge is 0.302 e. The van der Waals surface area contributed by atoms with E-state index in [4.69, 9.17) is 0 Å². The van der Waals surface area contributed by atoms with Crippen molar-refractivity contribution in [2.24, 2.45) is 0 Å². The van der Waals surface area contributed by atoms with Crippen LogP contribution in [-0.2, 0) is 0 Å². The standard InChI is InChI=1S/C13H9N5O/c19-13-11(9-4-2-1-3-5-9)17-18-12(16-13)10-6-7-14-8-15-10/h1-8H,(H,16,18,19). The van der Waals surface area contributed by atoms with E-state index >= 15 is 0 Å². The predicted molar refractivity (Wildman–Crippen MR) is 69.1 cm³/mol. The zero-order chi connectivity index (χ0) is 13.1. The minimum Gasteiger partial charge on any atom is -0.302 e. The number of hydrogen-bond acceptors (Lipinski definition) is 5. The van der Waals surface area contributed by atoms with Gasteiger partial charge in [-0.3, -0.25) is 4.79 Å². The maximum Gasteiger partial charge on any atom is 0.278 e. The van der Waals surface area contributed by atoms with Gasteiger partial charge in [-0.15, -0.1) is 10.2 Å². The summed E-state index contributed by atoms with van der Waals surface area (Å²) in [6.07, 6.45) is 2.97. The van der Waals surface area contributed by atoms with Crippen LogP contribution >= 0.6 is 0 Å². The zero-order valence-corrected chi connectivity index (χ0v) is 9.82. The van der Waals surface area contributed by atoms with E-state index in [-0.39, 0.29) is 5.56 Å². The Morgan fingerprint density at radius 1 is 1.00 bits per heavy atom. The summed E-state index contributed by atoms with van der Waals surface area (Å²) in [4.78, 5) is 22.5. The average molecular weight is 251 g/mol. The van der Waals surface area contributed by atoms with Crippen molar-refractivity contribution >= 4 is 0 Å². The molecule has 0 aliphatic rings. The van der Waals surface area contributed by atoms with Crippen LogP contribution in [0.4, 0.5) is 0 Å². The predicted octanol–water partition coefficient (Wildman–Crippen LogP) is 1.29. The molecule has 0 aliphatic heterocycles. The Labute approximate surface area is 108 Å². The molecular weight excluding hydrogens is 242 g/mol. The smallest absolute Gasteiger partial charge is 0.278 e. The van der Waals surface area contributed by atoms with E-state index in [1.807, 2.05) is 30.3 Å². The maximum atomic E-state index is 12.0. The second kappa shape index (κ2) is 4.77. The molecule has 1 aromatic carbocycles. The lowest BCUT2D eigenvalue weighted by Crippen LogP contribution is -2.14. The average Bonchev–Trinajstić information content (AvgIpc) is 2.49. The van der Waals surface area contributed by atoms with E-state index in [1.165, 1.54) is 6.33 Å². The van der Waals surface area contributed by atoms with Gasteiger partial charge in [-0.2, -0.15) is 0 Å². The SMILES string of the molecule is O=c1[nH]c(-c2ccncn2)nnc1-c1ccccc1. The fourth-order valence-electron chi connectivity index (χ4n) is 1.67. The Morgan fingerprint density at radius 3 is 2.53 bits per heavy atom. The summed E-state index contributed by atoms with van der Waals surface area (Å²) in [6.45, 7) is 0. The number of rotatable bonds is 2. The van der Waals surface area contributed by atoms with E-state index in [9.17, 15) is 4.79 Å². The number of nitrogens with zero attached hydrogens (tertiary/aromatic N) is 4. The van der Waals surface area contributed by atoms with Gasteiger partial charge in [0.2, 0.25) is 0 Å². The third kappa shape index (κ3) is 2.23. The highest BCUT2D eigenvalue weighted by Crippen LogP contribution is 2.12. The Morgan fingerprint density at radius 2 is 1.84 bits per heavy atom. The van der Waals surface area contributed by atoms with Crippen molar-refractivity contribution in [3.8, 4) is 22.8 Å². The monoisotopic (exact) mass is 251 g/mol. The van der Waals surface area contributed by atoms with Crippen LogP contribution in [-0.4, -0.2) is 25.1 Å². The molecule has 0 unspecified atom stereocenters. The molecule has 6 nitrogen and oxygen atoms in total. The van der Waals surface area contributed by atoms with Crippen LogP contribution in [0.15, 0.2) is 53.7 Å². The number of H-pyrrole nitrogens is 1. The molecule has 0 bridgehead atoms. The van der Waals surface area contributed by atoms with Crippen molar-refractivity contribution in [1.82, 2.24) is 25.1 Å². The van der Waals surface area contributed by atoms with Crippen molar-refractivity contribution in [3.05, 3.63) is 59.3 Å². The summed E-state index contributed by atoms with van der Waals surface area (Å²) in [5.74, 6) is 0.326. The minimum absolute atomic E-state index is 0.290. The van der Waals surface area contributed by atoms with Gasteiger partial charge in [0.05, 0.1) is 0 Å². The molecule has 0 radical (unpaired) electrons. The van der Waals surface area contributed by atoms with E-state index < -0.39 is 0 Å². The van der Waals surface area contributed by atoms with Gasteiger partial charge in [0.25, 0.3) is 5.56 Å². The van der Waals surface area contributed by atoms with Crippen molar-refractivity contribution in [2.45, 2.75) is 0 Å². The molecule has 0 spiro atoms. The van der Waals surface area contributed by atoms with Gasteiger partial charge < -0.3 is 4.98 Å². The lowest BCUT2D eigenvalue weighted by atomic mass is 10.2. The summed E-state index contributed by atoms with van der Waals surface area (Å²) in [7, 11) is 0. The van der Waals surface area contributed by atoms with Crippen LogP contribution < -0.4 is 5.56 Å². The molecule has 19 heavy (non-hydrogen) atoms. The highest BCUT2D eigenvalue weighted by molar-refractivity contribution is 5.58. The third-order valence-electron chi connectivity index (χ3n) is 2.57. The lowest BCUT2D eigenvalue weighted by Gasteiger charge is -2.01. The van der Waals surface area contributed by atoms with Gasteiger partial charge in [0, 0.05) is 11.8 Å². The van der Waals surface area contributed by atoms with Gasteiger partial charge in [0.15, 0.2) is 11.5 Å². The summed E-state index contributed by atoms with van der Waals surface area (Å²) in [6, 6.07) is 10.8. The molecule has 0 amide bonds. The maximum absolute atomic E-state index is 12.0. The summed E-state index contributed by atoms with van der Waals surface area (Å²) in [5.41, 5.74) is 1.25. The molecule has 0 saturated heterocycles. The van der Waals surface area contributed by atoms with Crippen molar-refractivity contribution in [3.63, 3.8) is 0 Å². The quantitative estimate of drug-likeness (QED) is 0.741. The molecule has 3 rings (SSSR count). The summed E-state index contributed by atoms with van der Waals surface area (Å²) < 4.78 is 0. The van der Waals surface area contributed by atoms with E-state index in [0.717, 1.165) is 5.56 Å². The summed E-state index contributed by atoms with van der Waals surface area (Å²) >= 11 is 0. The molecule has 0 aliphatic carbocycles. The molecule has 1 N–H and O–H groups in total. The normalized spacial score (nSPS) is 10.3. The van der Waals surface area contributed by atoms with Crippen LogP contribution in [0.1, 0.15) is 0 Å². The lowest BCUT2D eigenvalue weighted by molar-refractivity contribution is 0.950. The van der Waals surface area contributed by atoms with Crippen LogP contribution in [0, 0.1) is 0 Å². The Balaban J connectivity index is 2.07. The number of aromatic nitrogens is 5. The highest BCUT2D eigenvalue weighted by atomic mass is 16.1. The topological polar surface area (TPSA) is 84.4 Å². The first-order chi connectivity index (χ1) is 9.34. The first-order valence-corrected chi connectivity index (χ1v) is 5.63. The van der Waals surface area contributed by atoms with Crippen molar-refractivity contribution < 1.29 is 0 Å². The Bertz CT molecular complexity index is 740. The van der Waals surface area contributed by atoms with Gasteiger partial charge >= 0.3 is 0 Å². The van der Waals surface area contributed by atoms with Crippen molar-refractivity contribution in [1.29, 1.82) is 0 Å². The van der Waals surface area contributed by atoms with Gasteiger partial charge in [-0.05, 0) is 6.07 Å². The van der Waals surface area contributed by atoms with E-state index in [1.54, 1.807) is 12.3 Å². The molecular formula is C13H9N5O. The number of hydrogen-bond donors (Lipinski definition) is 1. The molecule has 0 atom stereocenters. The molecule has 2 aromatic heterocycles. The molecule has 6 heteroatoms. The third-order valence-corrected chi connectivity index (χ3v) is 2.57. The zero-order valence-electron chi connectivity index (χ0n) is 9.82. The fraction of sp³-hybridized carbons (Fsp3) is 0. The molecule has 92 valence electrons. The number of aromatic amines is 1. The van der Waals surface area contributed by atoms with Gasteiger partial charge in [-0.25, -0.2) is 9.97 Å². The second-order valence-corrected chi connectivity index (χ2v) is 3.81. The van der Waals surface area contributed by atoms with Crippen LogP contribution in [0.25, 0.3) is 22.8 Å². The fourth-order valence-corrected chi connectivity index (χ4v) is 1.67. The minimum atomic E-state index is -0.296. The first-order valence-electron chi connectivity index (χ1n) is 5.63. The molecule has 2 heterocycles. The van der Waals surface area contributed by atoms with E-state index in [0.29, 0.717) is 17.2 Å². The van der Waals surface area contributed by atoms with Gasteiger partial charge in [0.1, 0.15) is 12.0 Å². The van der Waals surface area contributed by atoms with Crippen LogP contribution in [0.5, 0.6) is 0 Å². The molecule has 3 aromatic rings. The second-order valence-electron chi connectivity index (χ2n) is 3.81. The Kier molecular flexibility index (Phi) is 2.82. The van der Waals surface area contributed by atoms with E-state index in [2.05, 4.69) is 25.1 Å². The number of benzene rings is 1. The van der Waals surface area contributed by atoms with Crippen LogP contribution in [0.2, 0.25) is 0 Å². The number of nitrogens with one attached hydrogen (secondary N) is 1. The van der Waals surface area contributed by atoms with Gasteiger partial charge in [-0.1, -0.05) is 30.3 Å². The first kappa shape index (κ1) is 11.2.